The Morgan fingerprint density at radius 2 is 2.10 bits per heavy atom. The third kappa shape index (κ3) is 5.64. The molecular weight excluding hydrogens is 339 g/mol. The van der Waals surface area contributed by atoms with E-state index in [0.717, 1.165) is 10.5 Å². The van der Waals surface area contributed by atoms with Crippen molar-refractivity contribution in [1.29, 1.82) is 0 Å². The topological polar surface area (TPSA) is 40.5 Å². The van der Waals surface area contributed by atoms with Crippen LogP contribution in [0.2, 0.25) is 0 Å². The first-order valence-corrected chi connectivity index (χ1v) is 6.47. The number of carboxylic acids is 1. The maximum atomic E-state index is 12.2. The molecule has 1 rings (SSSR count). The second-order valence-electron chi connectivity index (χ2n) is 4.16. The van der Waals surface area contributed by atoms with Crippen LogP contribution in [0.3, 0.4) is 0 Å². The van der Waals surface area contributed by atoms with Gasteiger partial charge in [-0.2, -0.15) is 13.2 Å². The molecule has 0 aliphatic carbocycles. The molecule has 0 amide bonds. The number of carboxylic acid groups (broad SMARTS) is 1. The van der Waals surface area contributed by atoms with Crippen LogP contribution in [0.1, 0.15) is 12.0 Å². The van der Waals surface area contributed by atoms with Crippen molar-refractivity contribution >= 4 is 33.7 Å². The number of halogens is 4. The average molecular weight is 352 g/mol. The Bertz CT molecular complexity index is 515. The first-order valence-electron chi connectivity index (χ1n) is 5.67. The molecule has 0 saturated carbocycles. The predicted molar refractivity (Wildman–Crippen MR) is 74.8 cm³/mol. The lowest BCUT2D eigenvalue weighted by Crippen LogP contribution is -2.24. The molecule has 20 heavy (non-hydrogen) atoms. The van der Waals surface area contributed by atoms with E-state index < -0.39 is 18.6 Å². The van der Waals surface area contributed by atoms with E-state index in [4.69, 9.17) is 5.11 Å². The van der Waals surface area contributed by atoms with Crippen LogP contribution in [0.5, 0.6) is 0 Å². The number of rotatable bonds is 5. The number of benzene rings is 1. The summed E-state index contributed by atoms with van der Waals surface area (Å²) < 4.78 is 37.4. The van der Waals surface area contributed by atoms with Gasteiger partial charge >= 0.3 is 12.1 Å². The molecule has 0 radical (unpaired) electrons. The van der Waals surface area contributed by atoms with Crippen LogP contribution in [0.25, 0.3) is 6.08 Å². The highest BCUT2D eigenvalue weighted by Gasteiger charge is 2.27. The van der Waals surface area contributed by atoms with Gasteiger partial charge in [-0.25, -0.2) is 4.79 Å². The highest BCUT2D eigenvalue weighted by atomic mass is 79.9. The van der Waals surface area contributed by atoms with Gasteiger partial charge in [0.15, 0.2) is 0 Å². The van der Waals surface area contributed by atoms with E-state index in [2.05, 4.69) is 15.9 Å². The molecule has 0 fully saturated rings. The lowest BCUT2D eigenvalue weighted by atomic mass is 10.1. The van der Waals surface area contributed by atoms with Crippen LogP contribution < -0.4 is 4.90 Å². The Hall–Kier alpha value is -1.50. The molecule has 1 N–H and O–H groups in total. The third-order valence-electron chi connectivity index (χ3n) is 2.54. The molecule has 3 nitrogen and oxygen atoms in total. The summed E-state index contributed by atoms with van der Waals surface area (Å²) in [6, 6.07) is 4.98. The predicted octanol–water partition coefficient (Wildman–Crippen LogP) is 3.94. The van der Waals surface area contributed by atoms with Crippen LogP contribution in [0.4, 0.5) is 18.9 Å². The van der Waals surface area contributed by atoms with Crippen molar-refractivity contribution in [3.05, 3.63) is 34.3 Å². The molecule has 0 heterocycles. The van der Waals surface area contributed by atoms with E-state index in [1.165, 1.54) is 18.0 Å². The van der Waals surface area contributed by atoms with Crippen molar-refractivity contribution in [2.24, 2.45) is 0 Å². The first-order chi connectivity index (χ1) is 9.19. The van der Waals surface area contributed by atoms with E-state index in [0.29, 0.717) is 11.3 Å². The highest BCUT2D eigenvalue weighted by molar-refractivity contribution is 9.10. The number of anilines is 1. The Kier molecular flexibility index (Phi) is 5.62. The van der Waals surface area contributed by atoms with Crippen molar-refractivity contribution in [2.75, 3.05) is 18.5 Å². The molecule has 1 aromatic rings. The molecule has 0 unspecified atom stereocenters. The summed E-state index contributed by atoms with van der Waals surface area (Å²) in [5, 5.41) is 8.62. The third-order valence-corrected chi connectivity index (χ3v) is 3.03. The molecule has 0 atom stereocenters. The smallest absolute Gasteiger partial charge is 0.390 e. The minimum atomic E-state index is -4.22. The first kappa shape index (κ1) is 16.6. The minimum absolute atomic E-state index is 0.195. The maximum absolute atomic E-state index is 12.2. The summed E-state index contributed by atoms with van der Waals surface area (Å²) >= 11 is 3.24. The summed E-state index contributed by atoms with van der Waals surface area (Å²) in [6.45, 7) is -0.195. The van der Waals surface area contributed by atoms with Gasteiger partial charge in [-0.15, -0.1) is 0 Å². The van der Waals surface area contributed by atoms with Gasteiger partial charge in [0.05, 0.1) is 6.42 Å². The zero-order chi connectivity index (χ0) is 15.3. The van der Waals surface area contributed by atoms with Crippen molar-refractivity contribution in [2.45, 2.75) is 12.6 Å². The monoisotopic (exact) mass is 351 g/mol. The molecule has 0 bridgehead atoms. The van der Waals surface area contributed by atoms with Crippen molar-refractivity contribution in [1.82, 2.24) is 0 Å². The number of aliphatic carboxylic acids is 1. The Morgan fingerprint density at radius 3 is 2.65 bits per heavy atom. The van der Waals surface area contributed by atoms with E-state index in [9.17, 15) is 18.0 Å². The molecule has 0 aliphatic heterocycles. The Balaban J connectivity index is 2.95. The second kappa shape index (κ2) is 6.78. The van der Waals surface area contributed by atoms with Gasteiger partial charge in [-0.1, -0.05) is 15.9 Å². The molecule has 0 aromatic heterocycles. The quantitative estimate of drug-likeness (QED) is 0.817. The van der Waals surface area contributed by atoms with Crippen LogP contribution in [-0.4, -0.2) is 30.8 Å². The lowest BCUT2D eigenvalue weighted by molar-refractivity contribution is -0.132. The molecule has 0 aliphatic rings. The summed E-state index contributed by atoms with van der Waals surface area (Å²) in [4.78, 5) is 12.0. The lowest BCUT2D eigenvalue weighted by Gasteiger charge is -2.22. The second-order valence-corrected chi connectivity index (χ2v) is 5.08. The highest BCUT2D eigenvalue weighted by Crippen LogP contribution is 2.27. The van der Waals surface area contributed by atoms with E-state index in [1.54, 1.807) is 18.2 Å². The van der Waals surface area contributed by atoms with E-state index >= 15 is 0 Å². The number of carbonyl (C=O) groups is 1. The normalized spacial score (nSPS) is 11.8. The van der Waals surface area contributed by atoms with Crippen LogP contribution in [-0.2, 0) is 4.79 Å². The fourth-order valence-electron chi connectivity index (χ4n) is 1.58. The summed E-state index contributed by atoms with van der Waals surface area (Å²) in [6.07, 6.45) is -2.85. The van der Waals surface area contributed by atoms with Gasteiger partial charge in [0.2, 0.25) is 0 Å². The van der Waals surface area contributed by atoms with Crippen molar-refractivity contribution in [3.63, 3.8) is 0 Å². The van der Waals surface area contributed by atoms with Crippen molar-refractivity contribution < 1.29 is 23.1 Å². The molecule has 0 saturated heterocycles. The minimum Gasteiger partial charge on any atom is -0.478 e. The van der Waals surface area contributed by atoms with Gasteiger partial charge in [-0.05, 0) is 29.8 Å². The maximum Gasteiger partial charge on any atom is 0.390 e. The molecule has 0 spiro atoms. The SMILES string of the molecule is CN(CCC(F)(F)F)c1ccc(Br)cc1/C=C/C(=O)O. The standard InChI is InChI=1S/C13H13BrF3NO2/c1-18(7-6-13(15,16)17)11-4-3-10(14)8-9(11)2-5-12(19)20/h2-5,8H,6-7H2,1H3,(H,19,20)/b5-2+. The molecule has 110 valence electrons. The number of hydrogen-bond acceptors (Lipinski definition) is 2. The molecule has 1 aromatic carbocycles. The zero-order valence-electron chi connectivity index (χ0n) is 10.6. The fraction of sp³-hybridized carbons (Fsp3) is 0.308. The largest absolute Gasteiger partial charge is 0.478 e. The fourth-order valence-corrected chi connectivity index (χ4v) is 1.96. The van der Waals surface area contributed by atoms with E-state index in [-0.39, 0.29) is 6.54 Å². The summed E-state index contributed by atoms with van der Waals surface area (Å²) in [5.41, 5.74) is 1.07. The number of alkyl halides is 3. The summed E-state index contributed by atoms with van der Waals surface area (Å²) in [7, 11) is 1.53. The van der Waals surface area contributed by atoms with Crippen LogP contribution >= 0.6 is 15.9 Å². The molecule has 7 heteroatoms. The number of nitrogens with zero attached hydrogens (tertiary/aromatic N) is 1. The van der Waals surface area contributed by atoms with Crippen molar-refractivity contribution in [3.8, 4) is 0 Å². The van der Waals surface area contributed by atoms with Gasteiger partial charge in [0.1, 0.15) is 0 Å². The Morgan fingerprint density at radius 1 is 1.45 bits per heavy atom. The number of hydrogen-bond donors (Lipinski definition) is 1. The van der Waals surface area contributed by atoms with Crippen LogP contribution in [0.15, 0.2) is 28.7 Å². The van der Waals surface area contributed by atoms with E-state index in [1.807, 2.05) is 0 Å². The van der Waals surface area contributed by atoms with Gasteiger partial charge < -0.3 is 10.0 Å². The zero-order valence-corrected chi connectivity index (χ0v) is 12.2. The van der Waals surface area contributed by atoms with Gasteiger partial charge in [0, 0.05) is 29.8 Å². The average Bonchev–Trinajstić information content (AvgIpc) is 2.32. The molecular formula is C13H13BrF3NO2. The van der Waals surface area contributed by atoms with Crippen LogP contribution in [0, 0.1) is 0 Å². The Labute approximate surface area is 122 Å². The van der Waals surface area contributed by atoms with Gasteiger partial charge in [0.25, 0.3) is 0 Å². The summed E-state index contributed by atoms with van der Waals surface area (Å²) in [5.74, 6) is -1.12. The van der Waals surface area contributed by atoms with Gasteiger partial charge in [-0.3, -0.25) is 0 Å².